The van der Waals surface area contributed by atoms with Crippen LogP contribution in [0.25, 0.3) is 0 Å². The molecule has 3 fully saturated rings. The molecule has 3 atom stereocenters. The van der Waals surface area contributed by atoms with E-state index in [4.69, 9.17) is 0 Å². The molecule has 2 heteroatoms. The predicted octanol–water partition coefficient (Wildman–Crippen LogP) is 1.37. The highest BCUT2D eigenvalue weighted by molar-refractivity contribution is 5.84. The van der Waals surface area contributed by atoms with Crippen molar-refractivity contribution >= 4 is 5.78 Å². The molecule has 0 amide bonds. The monoisotopic (exact) mass is 168 g/mol. The zero-order valence-electron chi connectivity index (χ0n) is 7.92. The van der Waals surface area contributed by atoms with E-state index in [0.717, 1.165) is 6.42 Å². The van der Waals surface area contributed by atoms with Gasteiger partial charge in [0.1, 0.15) is 5.78 Å². The van der Waals surface area contributed by atoms with Crippen LogP contribution >= 0.6 is 0 Å². The largest absolute Gasteiger partial charge is 0.389 e. The van der Waals surface area contributed by atoms with Crippen LogP contribution in [-0.4, -0.2) is 16.5 Å². The molecule has 3 saturated carbocycles. The molecule has 0 spiro atoms. The molecule has 3 aliphatic carbocycles. The van der Waals surface area contributed by atoms with Gasteiger partial charge in [-0.2, -0.15) is 0 Å². The number of aliphatic hydroxyl groups is 1. The summed E-state index contributed by atoms with van der Waals surface area (Å²) in [6.45, 7) is 6.01. The minimum absolute atomic E-state index is 0.0413. The van der Waals surface area contributed by atoms with E-state index in [0.29, 0.717) is 12.3 Å². The van der Waals surface area contributed by atoms with E-state index in [9.17, 15) is 9.90 Å². The van der Waals surface area contributed by atoms with E-state index >= 15 is 0 Å². The van der Waals surface area contributed by atoms with Gasteiger partial charge in [0.05, 0.1) is 5.60 Å². The van der Waals surface area contributed by atoms with Gasteiger partial charge in [-0.1, -0.05) is 20.8 Å². The molecule has 0 aromatic carbocycles. The number of ketones is 1. The van der Waals surface area contributed by atoms with Crippen molar-refractivity contribution in [1.29, 1.82) is 0 Å². The second kappa shape index (κ2) is 1.92. The van der Waals surface area contributed by atoms with Gasteiger partial charge in [0.15, 0.2) is 0 Å². The van der Waals surface area contributed by atoms with Crippen LogP contribution in [0.3, 0.4) is 0 Å². The van der Waals surface area contributed by atoms with Crippen LogP contribution in [0.4, 0.5) is 0 Å². The van der Waals surface area contributed by atoms with Crippen molar-refractivity contribution in [2.45, 2.75) is 39.2 Å². The summed E-state index contributed by atoms with van der Waals surface area (Å²) in [7, 11) is 0. The van der Waals surface area contributed by atoms with E-state index in [1.807, 2.05) is 6.92 Å². The maximum absolute atomic E-state index is 11.4. The number of carbonyl (C=O) groups is 1. The van der Waals surface area contributed by atoms with E-state index in [1.54, 1.807) is 0 Å². The number of fused-ring (bicyclic) bond motifs is 2. The Morgan fingerprint density at radius 2 is 2.08 bits per heavy atom. The third-order valence-electron chi connectivity index (χ3n) is 4.34. The van der Waals surface area contributed by atoms with Crippen molar-refractivity contribution in [3.63, 3.8) is 0 Å². The Morgan fingerprint density at radius 3 is 2.50 bits per heavy atom. The zero-order valence-corrected chi connectivity index (χ0v) is 7.92. The fourth-order valence-corrected chi connectivity index (χ4v) is 2.86. The Kier molecular flexibility index (Phi) is 1.32. The number of carbonyl (C=O) groups excluding carboxylic acids is 1. The highest BCUT2D eigenvalue weighted by Crippen LogP contribution is 2.62. The molecular weight excluding hydrogens is 152 g/mol. The van der Waals surface area contributed by atoms with Gasteiger partial charge in [0.2, 0.25) is 0 Å². The molecule has 3 rings (SSSR count). The predicted molar refractivity (Wildman–Crippen MR) is 45.6 cm³/mol. The van der Waals surface area contributed by atoms with E-state index in [1.165, 1.54) is 0 Å². The van der Waals surface area contributed by atoms with Crippen LogP contribution in [0.1, 0.15) is 33.6 Å². The van der Waals surface area contributed by atoms with Crippen molar-refractivity contribution < 1.29 is 9.90 Å². The van der Waals surface area contributed by atoms with E-state index in [2.05, 4.69) is 13.8 Å². The first-order chi connectivity index (χ1) is 5.39. The first-order valence-electron chi connectivity index (χ1n) is 4.64. The van der Waals surface area contributed by atoms with E-state index < -0.39 is 5.60 Å². The molecule has 1 N–H and O–H groups in total. The summed E-state index contributed by atoms with van der Waals surface area (Å²) in [5.41, 5.74) is -0.743. The van der Waals surface area contributed by atoms with Gasteiger partial charge in [-0.25, -0.2) is 0 Å². The molecule has 3 aliphatic rings. The van der Waals surface area contributed by atoms with Gasteiger partial charge in [-0.15, -0.1) is 0 Å². The first-order valence-corrected chi connectivity index (χ1v) is 4.64. The SMILES string of the molecule is C[C@H]1C(=O)C[C@H]2C[C@]1(O)C2(C)C. The summed E-state index contributed by atoms with van der Waals surface area (Å²) in [6.07, 6.45) is 1.50. The van der Waals surface area contributed by atoms with Gasteiger partial charge >= 0.3 is 0 Å². The minimum atomic E-state index is -0.701. The van der Waals surface area contributed by atoms with Gasteiger partial charge in [-0.05, 0) is 17.8 Å². The first kappa shape index (κ1) is 8.24. The second-order valence-corrected chi connectivity index (χ2v) is 4.94. The second-order valence-electron chi connectivity index (χ2n) is 4.94. The molecule has 0 radical (unpaired) electrons. The van der Waals surface area contributed by atoms with Gasteiger partial charge in [0.25, 0.3) is 0 Å². The van der Waals surface area contributed by atoms with Crippen LogP contribution in [0.5, 0.6) is 0 Å². The Labute approximate surface area is 73.0 Å². The third-order valence-corrected chi connectivity index (χ3v) is 4.34. The van der Waals surface area contributed by atoms with Crippen LogP contribution in [0.2, 0.25) is 0 Å². The van der Waals surface area contributed by atoms with Crippen LogP contribution in [-0.2, 0) is 4.79 Å². The summed E-state index contributed by atoms with van der Waals surface area (Å²) in [5, 5.41) is 10.2. The minimum Gasteiger partial charge on any atom is -0.389 e. The quantitative estimate of drug-likeness (QED) is 0.593. The Morgan fingerprint density at radius 1 is 1.50 bits per heavy atom. The fourth-order valence-electron chi connectivity index (χ4n) is 2.86. The average Bonchev–Trinajstić information content (AvgIpc) is 1.99. The summed E-state index contributed by atoms with van der Waals surface area (Å²) >= 11 is 0. The lowest BCUT2D eigenvalue weighted by atomic mass is 9.42. The molecule has 0 unspecified atom stereocenters. The van der Waals surface area contributed by atoms with E-state index in [-0.39, 0.29) is 17.1 Å². The normalized spacial score (nSPS) is 50.2. The molecule has 0 heterocycles. The van der Waals surface area contributed by atoms with Gasteiger partial charge in [0, 0.05) is 12.3 Å². The summed E-state index contributed by atoms with van der Waals surface area (Å²) in [4.78, 5) is 11.4. The van der Waals surface area contributed by atoms with Crippen LogP contribution in [0, 0.1) is 17.3 Å². The van der Waals surface area contributed by atoms with Crippen molar-refractivity contribution in [1.82, 2.24) is 0 Å². The Hall–Kier alpha value is -0.370. The summed E-state index contributed by atoms with van der Waals surface area (Å²) in [5.74, 6) is 0.511. The highest BCUT2D eigenvalue weighted by atomic mass is 16.3. The molecule has 2 bridgehead atoms. The molecule has 0 aromatic rings. The number of Topliss-reactive ketones (excluding diaryl/α,β-unsaturated/α-hetero) is 1. The maximum atomic E-state index is 11.4. The Balaban J connectivity index is 2.36. The van der Waals surface area contributed by atoms with Crippen LogP contribution < -0.4 is 0 Å². The standard InChI is InChI=1S/C10H16O2/c1-6-8(11)4-7-5-10(6,12)9(7,2)3/h6-7,12H,4-5H2,1-3H3/t6-,7-,10+/m0/s1. The maximum Gasteiger partial charge on any atom is 0.138 e. The summed E-state index contributed by atoms with van der Waals surface area (Å²) < 4.78 is 0. The Bertz CT molecular complexity index is 244. The molecule has 0 aromatic heterocycles. The van der Waals surface area contributed by atoms with Crippen LogP contribution in [0.15, 0.2) is 0 Å². The van der Waals surface area contributed by atoms with Crippen molar-refractivity contribution in [3.05, 3.63) is 0 Å². The zero-order chi connectivity index (χ0) is 9.15. The number of hydrogen-bond acceptors (Lipinski definition) is 2. The topological polar surface area (TPSA) is 37.3 Å². The lowest BCUT2D eigenvalue weighted by Crippen LogP contribution is -2.69. The van der Waals surface area contributed by atoms with Crippen molar-refractivity contribution in [2.24, 2.45) is 17.3 Å². The molecule has 2 nitrogen and oxygen atoms in total. The molecular formula is C10H16O2. The van der Waals surface area contributed by atoms with Crippen molar-refractivity contribution in [3.8, 4) is 0 Å². The molecule has 12 heavy (non-hydrogen) atoms. The number of rotatable bonds is 0. The fraction of sp³-hybridized carbons (Fsp3) is 0.900. The third kappa shape index (κ3) is 0.634. The average molecular weight is 168 g/mol. The van der Waals surface area contributed by atoms with Gasteiger partial charge in [-0.3, -0.25) is 4.79 Å². The lowest BCUT2D eigenvalue weighted by Gasteiger charge is -2.64. The lowest BCUT2D eigenvalue weighted by molar-refractivity contribution is -0.241. The molecule has 0 saturated heterocycles. The number of hydrogen-bond donors (Lipinski definition) is 1. The summed E-state index contributed by atoms with van der Waals surface area (Å²) in [6, 6.07) is 0. The molecule has 0 aliphatic heterocycles. The smallest absolute Gasteiger partial charge is 0.138 e. The molecule has 68 valence electrons. The van der Waals surface area contributed by atoms with Crippen molar-refractivity contribution in [2.75, 3.05) is 0 Å². The van der Waals surface area contributed by atoms with Gasteiger partial charge < -0.3 is 5.11 Å². The highest BCUT2D eigenvalue weighted by Gasteiger charge is 2.66.